The van der Waals surface area contributed by atoms with Crippen LogP contribution < -0.4 is 4.74 Å². The van der Waals surface area contributed by atoms with Crippen molar-refractivity contribution in [1.29, 1.82) is 0 Å². The second-order valence-electron chi connectivity index (χ2n) is 6.82. The van der Waals surface area contributed by atoms with Gasteiger partial charge in [-0.15, -0.1) is 0 Å². The van der Waals surface area contributed by atoms with Crippen molar-refractivity contribution in [3.05, 3.63) is 89.5 Å². The van der Waals surface area contributed by atoms with Gasteiger partial charge in [-0.3, -0.25) is 4.21 Å². The molecular weight excluding hydrogens is 344 g/mol. The van der Waals surface area contributed by atoms with E-state index in [0.29, 0.717) is 11.5 Å². The van der Waals surface area contributed by atoms with E-state index in [0.717, 1.165) is 0 Å². The Balaban J connectivity index is 1.77. The molecule has 3 rings (SSSR count). The summed E-state index contributed by atoms with van der Waals surface area (Å²) in [6, 6.07) is 22.9. The third-order valence-electron chi connectivity index (χ3n) is 4.60. The third kappa shape index (κ3) is 4.03. The van der Waals surface area contributed by atoms with Crippen LogP contribution in [0, 0.1) is 6.92 Å². The van der Waals surface area contributed by atoms with Crippen LogP contribution in [0.1, 0.15) is 30.5 Å². The molecule has 0 saturated heterocycles. The van der Waals surface area contributed by atoms with E-state index in [-0.39, 0.29) is 10.3 Å². The summed E-state index contributed by atoms with van der Waals surface area (Å²) in [5.74, 6) is 1.31. The predicted octanol–water partition coefficient (Wildman–Crippen LogP) is 5.35. The van der Waals surface area contributed by atoms with Gasteiger partial charge in [0.05, 0.1) is 0 Å². The zero-order valence-corrected chi connectivity index (χ0v) is 15.9. The summed E-state index contributed by atoms with van der Waals surface area (Å²) in [5.41, 5.74) is 3.61. The standard InChI is InChI=1S/C22H22O3S/c1-16-4-6-17(7-5-16)22(2,3)18-8-10-19(11-9-18)25-20-12-14-21(15-13-20)26(23)24/h4-15H,1-3H3,(H,23,24)/p-1. The van der Waals surface area contributed by atoms with Crippen LogP contribution in [0.15, 0.2) is 77.7 Å². The number of aryl methyl sites for hydroxylation is 1. The molecule has 0 aliphatic carbocycles. The number of rotatable bonds is 5. The zero-order chi connectivity index (χ0) is 18.7. The van der Waals surface area contributed by atoms with Crippen LogP contribution in [0.2, 0.25) is 0 Å². The molecule has 0 aromatic heterocycles. The first-order valence-electron chi connectivity index (χ1n) is 8.41. The number of ether oxygens (including phenoxy) is 1. The van der Waals surface area contributed by atoms with Crippen LogP contribution in [0.25, 0.3) is 0 Å². The molecule has 26 heavy (non-hydrogen) atoms. The normalized spacial score (nSPS) is 12.6. The van der Waals surface area contributed by atoms with E-state index in [1.165, 1.54) is 28.8 Å². The van der Waals surface area contributed by atoms with E-state index in [1.807, 2.05) is 12.1 Å². The second-order valence-corrected chi connectivity index (χ2v) is 7.76. The van der Waals surface area contributed by atoms with Crippen LogP contribution in [-0.4, -0.2) is 8.76 Å². The van der Waals surface area contributed by atoms with Crippen LogP contribution >= 0.6 is 0 Å². The van der Waals surface area contributed by atoms with Gasteiger partial charge in [0.15, 0.2) is 0 Å². The van der Waals surface area contributed by atoms with E-state index in [1.54, 1.807) is 12.1 Å². The van der Waals surface area contributed by atoms with Crippen molar-refractivity contribution < 1.29 is 13.5 Å². The van der Waals surface area contributed by atoms with E-state index in [2.05, 4.69) is 57.2 Å². The fourth-order valence-electron chi connectivity index (χ4n) is 2.83. The minimum atomic E-state index is -2.22. The monoisotopic (exact) mass is 365 g/mol. The largest absolute Gasteiger partial charge is 0.768 e. The molecule has 0 N–H and O–H groups in total. The van der Waals surface area contributed by atoms with Gasteiger partial charge >= 0.3 is 0 Å². The smallest absolute Gasteiger partial charge is 0.127 e. The maximum atomic E-state index is 10.9. The average molecular weight is 365 g/mol. The fraction of sp³-hybridized carbons (Fsp3) is 0.182. The summed E-state index contributed by atoms with van der Waals surface area (Å²) in [6.07, 6.45) is 0. The quantitative estimate of drug-likeness (QED) is 0.573. The Morgan fingerprint density at radius 1 is 0.769 bits per heavy atom. The average Bonchev–Trinajstić information content (AvgIpc) is 2.63. The first-order valence-corrected chi connectivity index (χ1v) is 9.48. The second kappa shape index (κ2) is 7.44. The van der Waals surface area contributed by atoms with Gasteiger partial charge in [0.2, 0.25) is 0 Å². The minimum Gasteiger partial charge on any atom is -0.768 e. The molecule has 0 spiro atoms. The summed E-state index contributed by atoms with van der Waals surface area (Å²) in [6.45, 7) is 6.49. The van der Waals surface area contributed by atoms with Crippen LogP contribution in [0.4, 0.5) is 0 Å². The Morgan fingerprint density at radius 2 is 1.19 bits per heavy atom. The Kier molecular flexibility index (Phi) is 5.25. The SMILES string of the molecule is Cc1ccc(C(C)(C)c2ccc(Oc3ccc(S(=O)[O-])cc3)cc2)cc1. The van der Waals surface area contributed by atoms with Crippen LogP contribution in [0.3, 0.4) is 0 Å². The molecular formula is C22H21O3S-. The maximum Gasteiger partial charge on any atom is 0.127 e. The number of benzene rings is 3. The van der Waals surface area contributed by atoms with Crippen molar-refractivity contribution in [3.8, 4) is 11.5 Å². The Labute approximate surface area is 156 Å². The number of hydrogen-bond donors (Lipinski definition) is 0. The molecule has 3 nitrogen and oxygen atoms in total. The van der Waals surface area contributed by atoms with Crippen molar-refractivity contribution >= 4 is 11.1 Å². The van der Waals surface area contributed by atoms with E-state index in [9.17, 15) is 8.76 Å². The highest BCUT2D eigenvalue weighted by Gasteiger charge is 2.22. The van der Waals surface area contributed by atoms with Gasteiger partial charge < -0.3 is 9.29 Å². The summed E-state index contributed by atoms with van der Waals surface area (Å²) in [5, 5.41) is 0. The van der Waals surface area contributed by atoms with Crippen molar-refractivity contribution in [2.75, 3.05) is 0 Å². The lowest BCUT2D eigenvalue weighted by Crippen LogP contribution is -2.18. The highest BCUT2D eigenvalue weighted by Crippen LogP contribution is 2.33. The molecule has 0 aliphatic heterocycles. The van der Waals surface area contributed by atoms with Crippen molar-refractivity contribution in [2.45, 2.75) is 31.1 Å². The van der Waals surface area contributed by atoms with E-state index >= 15 is 0 Å². The van der Waals surface area contributed by atoms with E-state index < -0.39 is 11.1 Å². The van der Waals surface area contributed by atoms with Crippen molar-refractivity contribution in [2.24, 2.45) is 0 Å². The summed E-state index contributed by atoms with van der Waals surface area (Å²) in [4.78, 5) is 0.243. The molecule has 3 aromatic rings. The van der Waals surface area contributed by atoms with Crippen molar-refractivity contribution in [3.63, 3.8) is 0 Å². The molecule has 0 bridgehead atoms. The predicted molar refractivity (Wildman–Crippen MR) is 103 cm³/mol. The van der Waals surface area contributed by atoms with E-state index in [4.69, 9.17) is 4.74 Å². The summed E-state index contributed by atoms with van der Waals surface area (Å²) < 4.78 is 27.6. The molecule has 0 heterocycles. The molecule has 0 amide bonds. The lowest BCUT2D eigenvalue weighted by atomic mass is 9.78. The fourth-order valence-corrected chi connectivity index (χ4v) is 3.19. The minimum absolute atomic E-state index is 0.105. The number of hydrogen-bond acceptors (Lipinski definition) is 3. The highest BCUT2D eigenvalue weighted by atomic mass is 32.2. The topological polar surface area (TPSA) is 49.4 Å². The Morgan fingerprint density at radius 3 is 1.65 bits per heavy atom. The zero-order valence-electron chi connectivity index (χ0n) is 15.1. The van der Waals surface area contributed by atoms with Gasteiger partial charge in [0.25, 0.3) is 0 Å². The van der Waals surface area contributed by atoms with Gasteiger partial charge in [-0.2, -0.15) is 0 Å². The highest BCUT2D eigenvalue weighted by molar-refractivity contribution is 7.79. The first-order chi connectivity index (χ1) is 12.4. The third-order valence-corrected chi connectivity index (χ3v) is 5.26. The molecule has 1 unspecified atom stereocenters. The molecule has 4 heteroatoms. The maximum absolute atomic E-state index is 10.9. The van der Waals surface area contributed by atoms with Gasteiger partial charge in [0.1, 0.15) is 11.5 Å². The summed E-state index contributed by atoms with van der Waals surface area (Å²) in [7, 11) is 0. The first kappa shape index (κ1) is 18.4. The molecule has 1 atom stereocenters. The van der Waals surface area contributed by atoms with Crippen LogP contribution in [-0.2, 0) is 16.5 Å². The lowest BCUT2D eigenvalue weighted by molar-refractivity contribution is 0.481. The summed E-state index contributed by atoms with van der Waals surface area (Å²) >= 11 is -2.22. The van der Waals surface area contributed by atoms with Gasteiger partial charge in [-0.1, -0.05) is 55.8 Å². The molecule has 0 fully saturated rings. The Hall–Kier alpha value is -2.43. The van der Waals surface area contributed by atoms with Crippen molar-refractivity contribution in [1.82, 2.24) is 0 Å². The van der Waals surface area contributed by atoms with Gasteiger partial charge in [0, 0.05) is 10.3 Å². The van der Waals surface area contributed by atoms with Crippen LogP contribution in [0.5, 0.6) is 11.5 Å². The molecule has 134 valence electrons. The Bertz CT molecular complexity index is 896. The molecule has 0 radical (unpaired) electrons. The van der Waals surface area contributed by atoms with Gasteiger partial charge in [-0.25, -0.2) is 0 Å². The lowest BCUT2D eigenvalue weighted by Gasteiger charge is -2.26. The molecule has 3 aromatic carbocycles. The molecule has 0 saturated carbocycles. The van der Waals surface area contributed by atoms with Gasteiger partial charge in [-0.05, 0) is 65.5 Å². The molecule has 0 aliphatic rings.